The second kappa shape index (κ2) is 11.2. The Kier molecular flexibility index (Phi) is 8.72. The molecule has 2 aliphatic heterocycles. The molecule has 194 valence electrons. The summed E-state index contributed by atoms with van der Waals surface area (Å²) < 4.78 is 41.1. The number of hydrogen-bond acceptors (Lipinski definition) is 5. The number of aromatic nitrogens is 2. The molecular formula is C24H27Cl2F3N6O. The van der Waals surface area contributed by atoms with Crippen molar-refractivity contribution in [1.82, 2.24) is 19.6 Å². The number of nitrogens with zero attached hydrogens (tertiary/aromatic N) is 6. The first kappa shape index (κ1) is 28.0. The lowest BCUT2D eigenvalue weighted by molar-refractivity contribution is -0.137. The van der Waals surface area contributed by atoms with Gasteiger partial charge in [-0.1, -0.05) is 18.6 Å². The summed E-state index contributed by atoms with van der Waals surface area (Å²) in [5.41, 5.74) is 0.184. The maximum absolute atomic E-state index is 13.2. The van der Waals surface area contributed by atoms with E-state index in [1.807, 2.05) is 0 Å². The van der Waals surface area contributed by atoms with Gasteiger partial charge in [0.05, 0.1) is 24.0 Å². The van der Waals surface area contributed by atoms with Crippen molar-refractivity contribution in [2.24, 2.45) is 0 Å². The largest absolute Gasteiger partial charge is 0.416 e. The van der Waals surface area contributed by atoms with Crippen LogP contribution in [0.5, 0.6) is 0 Å². The summed E-state index contributed by atoms with van der Waals surface area (Å²) in [6.45, 7) is 3.89. The van der Waals surface area contributed by atoms with Gasteiger partial charge in [0.25, 0.3) is 0 Å². The average Bonchev–Trinajstić information content (AvgIpc) is 3.22. The van der Waals surface area contributed by atoms with Crippen LogP contribution in [0.15, 0.2) is 36.5 Å². The third kappa shape index (κ3) is 5.39. The number of benzene rings is 1. The number of alkyl halides is 3. The highest BCUT2D eigenvalue weighted by Crippen LogP contribution is 2.35. The summed E-state index contributed by atoms with van der Waals surface area (Å²) in [5, 5.41) is 13.8. The van der Waals surface area contributed by atoms with Gasteiger partial charge in [0.1, 0.15) is 11.6 Å². The highest BCUT2D eigenvalue weighted by atomic mass is 35.5. The summed E-state index contributed by atoms with van der Waals surface area (Å²) in [6.07, 6.45) is 2.37. The molecular weight excluding hydrogens is 516 g/mol. The first-order valence-corrected chi connectivity index (χ1v) is 11.5. The Labute approximate surface area is 219 Å². The molecule has 1 saturated carbocycles. The highest BCUT2D eigenvalue weighted by Gasteiger charge is 2.34. The lowest BCUT2D eigenvalue weighted by Gasteiger charge is -2.43. The molecule has 1 amide bonds. The first-order valence-electron chi connectivity index (χ1n) is 11.5. The van der Waals surface area contributed by atoms with Gasteiger partial charge in [0.2, 0.25) is 5.91 Å². The molecule has 0 unspecified atom stereocenters. The van der Waals surface area contributed by atoms with Crippen LogP contribution in [0, 0.1) is 11.3 Å². The molecule has 2 aromatic rings. The van der Waals surface area contributed by atoms with E-state index in [2.05, 4.69) is 21.0 Å². The third-order valence-corrected chi connectivity index (χ3v) is 6.96. The van der Waals surface area contributed by atoms with Gasteiger partial charge in [-0.05, 0) is 31.1 Å². The SMILES string of the molecule is Cl.Cl.N#Cc1cnn2c1N(C(=O)CN1CCN(C3CCC3)CC1)CC=C2c1cccc(C(F)(F)F)c1. The number of carbonyl (C=O) groups excluding carboxylic acids is 1. The normalized spacial score (nSPS) is 18.7. The number of carbonyl (C=O) groups is 1. The van der Waals surface area contributed by atoms with Gasteiger partial charge in [-0.15, -0.1) is 24.8 Å². The molecule has 7 nitrogen and oxygen atoms in total. The number of nitriles is 1. The number of rotatable bonds is 4. The lowest BCUT2D eigenvalue weighted by Crippen LogP contribution is -2.54. The molecule has 36 heavy (non-hydrogen) atoms. The fourth-order valence-corrected chi connectivity index (χ4v) is 4.84. The maximum atomic E-state index is 13.2. The second-order valence-corrected chi connectivity index (χ2v) is 8.97. The molecule has 1 aromatic heterocycles. The van der Waals surface area contributed by atoms with E-state index in [1.54, 1.807) is 12.1 Å². The molecule has 5 rings (SSSR count). The van der Waals surface area contributed by atoms with Crippen LogP contribution in [-0.2, 0) is 11.0 Å². The predicted octanol–water partition coefficient (Wildman–Crippen LogP) is 4.02. The second-order valence-electron chi connectivity index (χ2n) is 8.97. The Balaban J connectivity index is 0.00000180. The molecule has 3 heterocycles. The van der Waals surface area contributed by atoms with Crippen molar-refractivity contribution in [3.05, 3.63) is 53.2 Å². The molecule has 1 aromatic carbocycles. The van der Waals surface area contributed by atoms with Crippen molar-refractivity contribution in [1.29, 1.82) is 5.26 Å². The molecule has 0 N–H and O–H groups in total. The van der Waals surface area contributed by atoms with Gasteiger partial charge in [-0.25, -0.2) is 4.68 Å². The summed E-state index contributed by atoms with van der Waals surface area (Å²) in [5.74, 6) is 0.144. The van der Waals surface area contributed by atoms with E-state index in [4.69, 9.17) is 0 Å². The zero-order chi connectivity index (χ0) is 23.9. The van der Waals surface area contributed by atoms with Crippen molar-refractivity contribution < 1.29 is 18.0 Å². The maximum Gasteiger partial charge on any atom is 0.416 e. The Hall–Kier alpha value is -2.58. The molecule has 12 heteroatoms. The van der Waals surface area contributed by atoms with E-state index < -0.39 is 11.7 Å². The molecule has 3 aliphatic rings. The zero-order valence-corrected chi connectivity index (χ0v) is 21.1. The van der Waals surface area contributed by atoms with Crippen LogP contribution < -0.4 is 4.90 Å². The minimum atomic E-state index is -4.47. The number of piperazine rings is 1. The molecule has 0 atom stereocenters. The Morgan fingerprint density at radius 1 is 1.14 bits per heavy atom. The van der Waals surface area contributed by atoms with E-state index in [0.29, 0.717) is 23.1 Å². The Morgan fingerprint density at radius 3 is 2.47 bits per heavy atom. The van der Waals surface area contributed by atoms with E-state index in [-0.39, 0.29) is 49.4 Å². The van der Waals surface area contributed by atoms with Crippen LogP contribution in [0.2, 0.25) is 0 Å². The van der Waals surface area contributed by atoms with E-state index >= 15 is 0 Å². The van der Waals surface area contributed by atoms with Crippen LogP contribution >= 0.6 is 24.8 Å². The van der Waals surface area contributed by atoms with Crippen molar-refractivity contribution >= 4 is 42.2 Å². The van der Waals surface area contributed by atoms with Crippen molar-refractivity contribution in [2.75, 3.05) is 44.2 Å². The number of amides is 1. The van der Waals surface area contributed by atoms with E-state index in [1.165, 1.54) is 41.1 Å². The standard InChI is InChI=1S/C24H25F3N6O.2ClH/c25-24(26,27)19-4-1-3-17(13-19)21-7-8-32(23-18(14-28)15-29-33(21)23)22(34)16-30-9-11-31(12-10-30)20-5-2-6-20;;/h1,3-4,7,13,15,20H,2,5-6,8-12,16H2;2*1H. The van der Waals surface area contributed by atoms with Gasteiger partial charge in [-0.3, -0.25) is 19.5 Å². The lowest BCUT2D eigenvalue weighted by atomic mass is 9.91. The van der Waals surface area contributed by atoms with Crippen LogP contribution in [-0.4, -0.2) is 70.8 Å². The first-order chi connectivity index (χ1) is 16.3. The fourth-order valence-electron chi connectivity index (χ4n) is 4.84. The van der Waals surface area contributed by atoms with Crippen LogP contribution in [0.25, 0.3) is 5.70 Å². The Bertz CT molecular complexity index is 1160. The summed E-state index contributed by atoms with van der Waals surface area (Å²) in [4.78, 5) is 19.4. The molecule has 0 radical (unpaired) electrons. The fraction of sp³-hybridized carbons (Fsp3) is 0.458. The van der Waals surface area contributed by atoms with Gasteiger partial charge < -0.3 is 0 Å². The van der Waals surface area contributed by atoms with Crippen LogP contribution in [0.4, 0.5) is 19.0 Å². The minimum absolute atomic E-state index is 0. The minimum Gasteiger partial charge on any atom is -0.298 e. The van der Waals surface area contributed by atoms with Crippen LogP contribution in [0.1, 0.15) is 36.0 Å². The van der Waals surface area contributed by atoms with E-state index in [9.17, 15) is 23.2 Å². The molecule has 1 aliphatic carbocycles. The molecule has 2 fully saturated rings. The number of anilines is 1. The summed E-state index contributed by atoms with van der Waals surface area (Å²) in [6, 6.07) is 7.72. The van der Waals surface area contributed by atoms with Crippen molar-refractivity contribution in [3.63, 3.8) is 0 Å². The van der Waals surface area contributed by atoms with Gasteiger partial charge in [0, 0.05) is 44.3 Å². The smallest absolute Gasteiger partial charge is 0.298 e. The topological polar surface area (TPSA) is 68.4 Å². The highest BCUT2D eigenvalue weighted by molar-refractivity contribution is 5.97. The zero-order valence-electron chi connectivity index (χ0n) is 19.4. The van der Waals surface area contributed by atoms with Gasteiger partial charge in [0.15, 0.2) is 5.82 Å². The summed E-state index contributed by atoms with van der Waals surface area (Å²) >= 11 is 0. The van der Waals surface area contributed by atoms with Crippen LogP contribution in [0.3, 0.4) is 0 Å². The predicted molar refractivity (Wildman–Crippen MR) is 134 cm³/mol. The molecule has 0 bridgehead atoms. The number of hydrogen-bond donors (Lipinski definition) is 0. The van der Waals surface area contributed by atoms with Gasteiger partial charge in [-0.2, -0.15) is 23.5 Å². The number of halogens is 5. The van der Waals surface area contributed by atoms with Gasteiger partial charge >= 0.3 is 6.18 Å². The number of fused-ring (bicyclic) bond motifs is 1. The quantitative estimate of drug-likeness (QED) is 0.583. The van der Waals surface area contributed by atoms with Crippen molar-refractivity contribution in [3.8, 4) is 6.07 Å². The monoisotopic (exact) mass is 542 g/mol. The molecule has 0 spiro atoms. The van der Waals surface area contributed by atoms with E-state index in [0.717, 1.165) is 38.3 Å². The van der Waals surface area contributed by atoms with Crippen molar-refractivity contribution in [2.45, 2.75) is 31.5 Å². The summed E-state index contributed by atoms with van der Waals surface area (Å²) in [7, 11) is 0. The Morgan fingerprint density at radius 2 is 1.86 bits per heavy atom. The molecule has 1 saturated heterocycles. The third-order valence-electron chi connectivity index (χ3n) is 6.96. The average molecular weight is 543 g/mol.